The van der Waals surface area contributed by atoms with Crippen molar-refractivity contribution in [1.82, 2.24) is 0 Å². The molecule has 0 radical (unpaired) electrons. The van der Waals surface area contributed by atoms with Crippen LogP contribution in [0.3, 0.4) is 0 Å². The number of carbonyl (C=O) groups excluding carboxylic acids is 1. The van der Waals surface area contributed by atoms with E-state index in [2.05, 4.69) is 0 Å². The van der Waals surface area contributed by atoms with E-state index in [1.165, 1.54) is 18.2 Å². The normalized spacial score (nSPS) is 16.1. The second-order valence-electron chi connectivity index (χ2n) is 6.41. The highest BCUT2D eigenvalue weighted by Crippen LogP contribution is 2.43. The minimum atomic E-state index is -0.663. The van der Waals surface area contributed by atoms with E-state index in [0.29, 0.717) is 23.3 Å². The fourth-order valence-corrected chi connectivity index (χ4v) is 2.91. The van der Waals surface area contributed by atoms with Gasteiger partial charge in [0.05, 0.1) is 6.42 Å². The largest absolute Gasteiger partial charge is 0.508 e. The highest BCUT2D eigenvalue weighted by molar-refractivity contribution is 6.03. The summed E-state index contributed by atoms with van der Waals surface area (Å²) in [4.78, 5) is 12.6. The third-order valence-corrected chi connectivity index (χ3v) is 4.23. The Balaban J connectivity index is 1.95. The van der Waals surface area contributed by atoms with Gasteiger partial charge in [-0.2, -0.15) is 0 Å². The van der Waals surface area contributed by atoms with Crippen LogP contribution >= 0.6 is 0 Å². The predicted molar refractivity (Wildman–Crippen MR) is 93.3 cm³/mol. The summed E-state index contributed by atoms with van der Waals surface area (Å²) in [5.74, 6) is -0.188. The number of carbonyl (C=O) groups is 1. The van der Waals surface area contributed by atoms with E-state index in [4.69, 9.17) is 4.74 Å². The molecule has 1 aliphatic heterocycles. The highest BCUT2D eigenvalue weighted by atomic mass is 16.5. The quantitative estimate of drug-likeness (QED) is 0.735. The van der Waals surface area contributed by atoms with E-state index in [-0.39, 0.29) is 35.0 Å². The van der Waals surface area contributed by atoms with Crippen molar-refractivity contribution in [2.45, 2.75) is 32.8 Å². The van der Waals surface area contributed by atoms with E-state index in [0.717, 1.165) is 5.57 Å². The van der Waals surface area contributed by atoms with Gasteiger partial charge < -0.3 is 20.1 Å². The molecule has 0 aromatic heterocycles. The van der Waals surface area contributed by atoms with Gasteiger partial charge in [0.25, 0.3) is 0 Å². The summed E-state index contributed by atoms with van der Waals surface area (Å²) in [7, 11) is 0. The number of Topliss-reactive ketones (excluding diaryl/α,β-unsaturated/α-hetero) is 1. The van der Waals surface area contributed by atoms with Gasteiger partial charge in [-0.25, -0.2) is 0 Å². The molecule has 0 amide bonds. The fourth-order valence-electron chi connectivity index (χ4n) is 2.91. The number of hydrogen-bond acceptors (Lipinski definition) is 5. The van der Waals surface area contributed by atoms with Crippen LogP contribution in [0.5, 0.6) is 23.0 Å². The third-order valence-electron chi connectivity index (χ3n) is 4.23. The molecule has 1 atom stereocenters. The molecule has 0 bridgehead atoms. The Morgan fingerprint density at radius 3 is 2.64 bits per heavy atom. The standard InChI is InChI=1S/C20H20O5/c1-11(2)3-4-12-5-8-17-19(20(12)24)16(23)10-18(25-17)14-7-6-13(21)9-15(14)22/h3,5-9,18,21-22,24H,4,10H2,1-2H3. The maximum absolute atomic E-state index is 12.6. The van der Waals surface area contributed by atoms with Crippen LogP contribution < -0.4 is 4.74 Å². The molecule has 1 unspecified atom stereocenters. The summed E-state index contributed by atoms with van der Waals surface area (Å²) < 4.78 is 5.83. The molecule has 25 heavy (non-hydrogen) atoms. The lowest BCUT2D eigenvalue weighted by Crippen LogP contribution is -2.21. The number of phenols is 3. The fraction of sp³-hybridized carbons (Fsp3) is 0.250. The molecule has 0 aliphatic carbocycles. The molecule has 5 heteroatoms. The number of allylic oxidation sites excluding steroid dienone is 2. The lowest BCUT2D eigenvalue weighted by Gasteiger charge is -2.27. The number of ketones is 1. The summed E-state index contributed by atoms with van der Waals surface area (Å²) in [6.45, 7) is 3.94. The van der Waals surface area contributed by atoms with Gasteiger partial charge in [-0.3, -0.25) is 4.79 Å². The first kappa shape index (κ1) is 16.9. The van der Waals surface area contributed by atoms with Crippen LogP contribution in [-0.4, -0.2) is 21.1 Å². The van der Waals surface area contributed by atoms with Crippen LogP contribution in [0.25, 0.3) is 0 Å². The lowest BCUT2D eigenvalue weighted by molar-refractivity contribution is 0.0842. The van der Waals surface area contributed by atoms with Gasteiger partial charge in [0, 0.05) is 11.6 Å². The van der Waals surface area contributed by atoms with Crippen molar-refractivity contribution in [2.75, 3.05) is 0 Å². The Morgan fingerprint density at radius 1 is 1.20 bits per heavy atom. The summed E-state index contributed by atoms with van der Waals surface area (Å²) in [5, 5.41) is 29.8. The zero-order chi connectivity index (χ0) is 18.1. The maximum Gasteiger partial charge on any atom is 0.174 e. The number of benzene rings is 2. The Hall–Kier alpha value is -2.95. The molecular formula is C20H20O5. The van der Waals surface area contributed by atoms with Crippen LogP contribution in [0.15, 0.2) is 42.0 Å². The first-order valence-corrected chi connectivity index (χ1v) is 8.06. The Morgan fingerprint density at radius 2 is 1.96 bits per heavy atom. The molecule has 1 aliphatic rings. The van der Waals surface area contributed by atoms with E-state index >= 15 is 0 Å². The molecule has 0 fully saturated rings. The minimum Gasteiger partial charge on any atom is -0.508 e. The molecular weight excluding hydrogens is 320 g/mol. The van der Waals surface area contributed by atoms with E-state index in [1.807, 2.05) is 19.9 Å². The van der Waals surface area contributed by atoms with Gasteiger partial charge in [-0.1, -0.05) is 17.7 Å². The van der Waals surface area contributed by atoms with Crippen molar-refractivity contribution in [3.8, 4) is 23.0 Å². The molecule has 0 spiro atoms. The summed E-state index contributed by atoms with van der Waals surface area (Å²) in [6.07, 6.45) is 1.86. The second-order valence-corrected chi connectivity index (χ2v) is 6.41. The Kier molecular flexibility index (Phi) is 4.40. The third kappa shape index (κ3) is 3.31. The Labute approximate surface area is 145 Å². The molecule has 0 saturated carbocycles. The maximum atomic E-state index is 12.6. The van der Waals surface area contributed by atoms with Crippen molar-refractivity contribution < 1.29 is 24.9 Å². The number of ether oxygens (including phenoxy) is 1. The van der Waals surface area contributed by atoms with E-state index in [9.17, 15) is 20.1 Å². The molecule has 130 valence electrons. The number of rotatable bonds is 3. The van der Waals surface area contributed by atoms with Gasteiger partial charge in [0.2, 0.25) is 0 Å². The average Bonchev–Trinajstić information content (AvgIpc) is 2.53. The van der Waals surface area contributed by atoms with Crippen molar-refractivity contribution >= 4 is 5.78 Å². The SMILES string of the molecule is CC(C)=CCc1ccc2c(c1O)C(=O)CC(c1ccc(O)cc1O)O2. The van der Waals surface area contributed by atoms with Crippen LogP contribution in [0.2, 0.25) is 0 Å². The van der Waals surface area contributed by atoms with Crippen LogP contribution in [0, 0.1) is 0 Å². The number of aromatic hydroxyl groups is 3. The van der Waals surface area contributed by atoms with Crippen LogP contribution in [0.4, 0.5) is 0 Å². The zero-order valence-corrected chi connectivity index (χ0v) is 14.1. The molecule has 1 heterocycles. The second kappa shape index (κ2) is 6.51. The predicted octanol–water partition coefficient (Wildman–Crippen LogP) is 4.02. The first-order valence-electron chi connectivity index (χ1n) is 8.06. The average molecular weight is 340 g/mol. The molecule has 2 aromatic rings. The van der Waals surface area contributed by atoms with Crippen molar-refractivity contribution in [1.29, 1.82) is 0 Å². The van der Waals surface area contributed by atoms with Crippen molar-refractivity contribution in [3.63, 3.8) is 0 Å². The van der Waals surface area contributed by atoms with Gasteiger partial charge in [-0.15, -0.1) is 0 Å². The van der Waals surface area contributed by atoms with Crippen molar-refractivity contribution in [3.05, 3.63) is 58.7 Å². The topological polar surface area (TPSA) is 87.0 Å². The monoisotopic (exact) mass is 340 g/mol. The molecule has 5 nitrogen and oxygen atoms in total. The highest BCUT2D eigenvalue weighted by Gasteiger charge is 2.32. The smallest absolute Gasteiger partial charge is 0.174 e. The van der Waals surface area contributed by atoms with Gasteiger partial charge >= 0.3 is 0 Å². The van der Waals surface area contributed by atoms with Gasteiger partial charge in [0.15, 0.2) is 5.78 Å². The van der Waals surface area contributed by atoms with Gasteiger partial charge in [-0.05, 0) is 44.0 Å². The molecule has 3 N–H and O–H groups in total. The summed E-state index contributed by atoms with van der Waals surface area (Å²) >= 11 is 0. The Bertz CT molecular complexity index is 863. The number of fused-ring (bicyclic) bond motifs is 1. The summed E-state index contributed by atoms with van der Waals surface area (Å²) in [6, 6.07) is 7.57. The van der Waals surface area contributed by atoms with Crippen LogP contribution in [-0.2, 0) is 6.42 Å². The number of phenolic OH excluding ortho intramolecular Hbond substituents is 3. The number of hydrogen-bond donors (Lipinski definition) is 3. The summed E-state index contributed by atoms with van der Waals surface area (Å²) in [5.41, 5.74) is 2.41. The first-order chi connectivity index (χ1) is 11.9. The van der Waals surface area contributed by atoms with Gasteiger partial charge in [0.1, 0.15) is 34.7 Å². The zero-order valence-electron chi connectivity index (χ0n) is 14.1. The minimum absolute atomic E-state index is 0.00495. The van der Waals surface area contributed by atoms with E-state index in [1.54, 1.807) is 12.1 Å². The molecule has 3 rings (SSSR count). The lowest BCUT2D eigenvalue weighted by atomic mass is 9.93. The molecule has 0 saturated heterocycles. The van der Waals surface area contributed by atoms with Crippen molar-refractivity contribution in [2.24, 2.45) is 0 Å². The van der Waals surface area contributed by atoms with E-state index < -0.39 is 6.10 Å². The van der Waals surface area contributed by atoms with Crippen LogP contribution in [0.1, 0.15) is 47.9 Å². The molecule has 2 aromatic carbocycles.